The van der Waals surface area contributed by atoms with Gasteiger partial charge in [-0.3, -0.25) is 0 Å². The number of halogens is 3. The van der Waals surface area contributed by atoms with E-state index < -0.39 is 20.7 Å². The van der Waals surface area contributed by atoms with Gasteiger partial charge in [-0.25, -0.2) is 17.5 Å². The topological polar surface area (TPSA) is 102 Å². The number of anilines is 1. The Morgan fingerprint density at radius 3 is 2.75 bits per heavy atom. The highest BCUT2D eigenvalue weighted by Gasteiger charge is 2.23. The number of nitrogens with two attached hydrogens (primary N) is 1. The molecule has 0 saturated heterocycles. The summed E-state index contributed by atoms with van der Waals surface area (Å²) in [6, 6.07) is 0.967. The maximum Gasteiger partial charge on any atom is 0.243 e. The van der Waals surface area contributed by atoms with Crippen LogP contribution in [0, 0.1) is 5.82 Å². The number of nitrogen functional groups attached to an aromatic ring is 1. The molecular weight excluding hydrogens is 379 g/mol. The number of sulfonamides is 1. The van der Waals surface area contributed by atoms with Gasteiger partial charge in [-0.2, -0.15) is 0 Å². The van der Waals surface area contributed by atoms with Crippen molar-refractivity contribution in [3.05, 3.63) is 21.4 Å². The van der Waals surface area contributed by atoms with Crippen molar-refractivity contribution in [2.24, 2.45) is 0 Å². The average Bonchev–Trinajstić information content (AvgIpc) is 2.40. The van der Waals surface area contributed by atoms with Crippen molar-refractivity contribution in [3.8, 4) is 0 Å². The van der Waals surface area contributed by atoms with Crippen LogP contribution in [0.2, 0.25) is 5.02 Å². The Balaban J connectivity index is 2.88. The molecule has 0 radical (unpaired) electrons. The van der Waals surface area contributed by atoms with Crippen molar-refractivity contribution in [2.75, 3.05) is 32.1 Å². The van der Waals surface area contributed by atoms with Crippen molar-refractivity contribution in [1.82, 2.24) is 4.72 Å². The van der Waals surface area contributed by atoms with Crippen LogP contribution in [0.1, 0.15) is 0 Å². The summed E-state index contributed by atoms with van der Waals surface area (Å²) in [6.45, 7) is -0.107. The minimum Gasteiger partial charge on any atom is -0.395 e. The number of aliphatic hydroxyl groups is 1. The van der Waals surface area contributed by atoms with Crippen LogP contribution in [-0.4, -0.2) is 39.9 Å². The maximum absolute atomic E-state index is 13.9. The number of benzene rings is 1. The molecule has 6 nitrogen and oxygen atoms in total. The molecule has 0 fully saturated rings. The third-order valence-corrected chi connectivity index (χ3v) is 5.06. The monoisotopic (exact) mass is 390 g/mol. The fraction of sp³-hybridized carbons (Fsp3) is 0.400. The van der Waals surface area contributed by atoms with E-state index in [-0.39, 0.29) is 41.5 Å². The summed E-state index contributed by atoms with van der Waals surface area (Å²) in [4.78, 5) is -0.634. The Bertz CT molecular complexity index is 585. The highest BCUT2D eigenvalue weighted by atomic mass is 79.9. The van der Waals surface area contributed by atoms with Gasteiger partial charge in [-0.1, -0.05) is 11.6 Å². The van der Waals surface area contributed by atoms with E-state index >= 15 is 0 Å². The minimum absolute atomic E-state index is 0.0131. The number of hydrogen-bond acceptors (Lipinski definition) is 5. The lowest BCUT2D eigenvalue weighted by molar-refractivity contribution is 0.0961. The molecule has 0 aliphatic rings. The molecule has 114 valence electrons. The molecule has 0 spiro atoms. The lowest BCUT2D eigenvalue weighted by atomic mass is 10.3. The quantitative estimate of drug-likeness (QED) is 0.367. The zero-order valence-corrected chi connectivity index (χ0v) is 13.4. The summed E-state index contributed by atoms with van der Waals surface area (Å²) < 4.78 is 44.8. The fourth-order valence-corrected chi connectivity index (χ4v) is 2.98. The first-order chi connectivity index (χ1) is 9.31. The van der Waals surface area contributed by atoms with Gasteiger partial charge in [0.1, 0.15) is 4.90 Å². The Morgan fingerprint density at radius 1 is 1.50 bits per heavy atom. The number of nitrogens with one attached hydrogen (secondary N) is 1. The zero-order valence-electron chi connectivity index (χ0n) is 10.2. The van der Waals surface area contributed by atoms with Gasteiger partial charge in [0.15, 0.2) is 5.82 Å². The molecule has 20 heavy (non-hydrogen) atoms. The summed E-state index contributed by atoms with van der Waals surface area (Å²) >= 11 is 8.72. The van der Waals surface area contributed by atoms with Crippen molar-refractivity contribution >= 4 is 43.2 Å². The molecular formula is C10H13BrClFN2O4S. The Labute approximate surface area is 129 Å². The van der Waals surface area contributed by atoms with Crippen LogP contribution in [0.15, 0.2) is 15.4 Å². The number of hydrogen-bond donors (Lipinski definition) is 3. The smallest absolute Gasteiger partial charge is 0.243 e. The van der Waals surface area contributed by atoms with Crippen molar-refractivity contribution in [1.29, 1.82) is 0 Å². The van der Waals surface area contributed by atoms with Crippen LogP contribution in [0.3, 0.4) is 0 Å². The molecule has 0 aliphatic heterocycles. The van der Waals surface area contributed by atoms with Gasteiger partial charge in [-0.15, -0.1) is 0 Å². The van der Waals surface area contributed by atoms with Crippen LogP contribution in [0.4, 0.5) is 10.1 Å². The van der Waals surface area contributed by atoms with Gasteiger partial charge in [0.25, 0.3) is 0 Å². The summed E-state index contributed by atoms with van der Waals surface area (Å²) in [5, 5.41) is 8.47. The summed E-state index contributed by atoms with van der Waals surface area (Å²) in [7, 11) is -4.09. The predicted molar refractivity (Wildman–Crippen MR) is 76.6 cm³/mol. The first-order valence-corrected chi connectivity index (χ1v) is 8.08. The van der Waals surface area contributed by atoms with Crippen molar-refractivity contribution in [2.45, 2.75) is 4.90 Å². The van der Waals surface area contributed by atoms with E-state index in [1.165, 1.54) is 0 Å². The Hall–Kier alpha value is -0.450. The molecule has 0 unspecified atom stereocenters. The first-order valence-electron chi connectivity index (χ1n) is 5.42. The average molecular weight is 392 g/mol. The molecule has 1 aromatic carbocycles. The molecule has 0 atom stereocenters. The van der Waals surface area contributed by atoms with Crippen molar-refractivity contribution < 1.29 is 22.7 Å². The van der Waals surface area contributed by atoms with Crippen LogP contribution < -0.4 is 10.5 Å². The second-order valence-electron chi connectivity index (χ2n) is 3.63. The van der Waals surface area contributed by atoms with Gasteiger partial charge in [0.05, 0.1) is 35.0 Å². The van der Waals surface area contributed by atoms with Gasteiger partial charge >= 0.3 is 0 Å². The molecule has 0 aromatic heterocycles. The van der Waals surface area contributed by atoms with Gasteiger partial charge in [0.2, 0.25) is 10.0 Å². The van der Waals surface area contributed by atoms with E-state index in [1.807, 2.05) is 0 Å². The Kier molecular flexibility index (Phi) is 6.62. The van der Waals surface area contributed by atoms with Crippen LogP contribution in [-0.2, 0) is 14.8 Å². The SMILES string of the molecule is Nc1c(F)c(S(=O)(=O)NCCOCCO)cc(Cl)c1Br. The second kappa shape index (κ2) is 7.53. The van der Waals surface area contributed by atoms with Crippen LogP contribution >= 0.6 is 27.5 Å². The largest absolute Gasteiger partial charge is 0.395 e. The van der Waals surface area contributed by atoms with E-state index in [2.05, 4.69) is 20.7 Å². The molecule has 0 saturated carbocycles. The number of rotatable bonds is 7. The second-order valence-corrected chi connectivity index (χ2v) is 6.57. The van der Waals surface area contributed by atoms with E-state index in [1.54, 1.807) is 0 Å². The van der Waals surface area contributed by atoms with Crippen LogP contribution in [0.5, 0.6) is 0 Å². The van der Waals surface area contributed by atoms with E-state index in [9.17, 15) is 12.8 Å². The minimum atomic E-state index is -4.09. The van der Waals surface area contributed by atoms with E-state index in [4.69, 9.17) is 27.2 Å². The molecule has 0 bridgehead atoms. The summed E-state index contributed by atoms with van der Waals surface area (Å²) in [5.41, 5.74) is 5.04. The summed E-state index contributed by atoms with van der Waals surface area (Å²) in [6.07, 6.45) is 0. The van der Waals surface area contributed by atoms with E-state index in [0.29, 0.717) is 0 Å². The lowest BCUT2D eigenvalue weighted by Gasteiger charge is -2.11. The third-order valence-electron chi connectivity index (χ3n) is 2.22. The predicted octanol–water partition coefficient (Wildman–Crippen LogP) is 1.11. The van der Waals surface area contributed by atoms with Gasteiger partial charge in [0, 0.05) is 6.54 Å². The zero-order chi connectivity index (χ0) is 15.3. The first kappa shape index (κ1) is 17.6. The highest BCUT2D eigenvalue weighted by molar-refractivity contribution is 9.10. The summed E-state index contributed by atoms with van der Waals surface area (Å²) in [5.74, 6) is -1.08. The number of aliphatic hydroxyl groups excluding tert-OH is 1. The normalized spacial score (nSPS) is 11.8. The molecule has 1 rings (SSSR count). The molecule has 10 heteroatoms. The standard InChI is InChI=1S/C10H13BrClFN2O4S/c11-8-6(12)5-7(9(13)10(8)14)20(17,18)15-1-3-19-4-2-16/h5,15-16H,1-4,14H2. The fourth-order valence-electron chi connectivity index (χ4n) is 1.29. The molecule has 4 N–H and O–H groups in total. The van der Waals surface area contributed by atoms with Gasteiger partial charge in [-0.05, 0) is 22.0 Å². The Morgan fingerprint density at radius 2 is 2.15 bits per heavy atom. The maximum atomic E-state index is 13.9. The van der Waals surface area contributed by atoms with Crippen molar-refractivity contribution in [3.63, 3.8) is 0 Å². The molecule has 0 aliphatic carbocycles. The highest BCUT2D eigenvalue weighted by Crippen LogP contribution is 2.34. The van der Waals surface area contributed by atoms with Gasteiger partial charge < -0.3 is 15.6 Å². The lowest BCUT2D eigenvalue weighted by Crippen LogP contribution is -2.28. The van der Waals surface area contributed by atoms with Crippen LogP contribution in [0.25, 0.3) is 0 Å². The third kappa shape index (κ3) is 4.27. The molecule has 0 heterocycles. The molecule has 1 aromatic rings. The number of ether oxygens (including phenoxy) is 1. The van der Waals surface area contributed by atoms with E-state index in [0.717, 1.165) is 6.07 Å². The molecule has 0 amide bonds.